The molecule has 0 aliphatic rings. The minimum atomic E-state index is -0.923. The number of benzene rings is 2. The Bertz CT molecular complexity index is 905. The molecule has 0 spiro atoms. The van der Waals surface area contributed by atoms with Gasteiger partial charge in [0.2, 0.25) is 0 Å². The Morgan fingerprint density at radius 1 is 1.13 bits per heavy atom. The summed E-state index contributed by atoms with van der Waals surface area (Å²) < 4.78 is 25.1. The first-order valence-corrected chi connectivity index (χ1v) is 10.4. The second-order valence-corrected chi connectivity index (χ2v) is 7.03. The first-order valence-electron chi connectivity index (χ1n) is 10.4. The average Bonchev–Trinajstić information content (AvgIpc) is 2.74. The summed E-state index contributed by atoms with van der Waals surface area (Å²) in [5.41, 5.74) is 0.584. The van der Waals surface area contributed by atoms with E-state index >= 15 is 4.39 Å². The number of hydrogen-bond acceptors (Lipinski definition) is 5. The van der Waals surface area contributed by atoms with Gasteiger partial charge in [-0.3, -0.25) is 0 Å². The third-order valence-electron chi connectivity index (χ3n) is 4.85. The van der Waals surface area contributed by atoms with Crippen LogP contribution in [0.2, 0.25) is 0 Å². The highest BCUT2D eigenvalue weighted by atomic mass is 19.1. The molecule has 0 amide bonds. The fourth-order valence-electron chi connectivity index (χ4n) is 3.33. The first kappa shape index (κ1) is 23.2. The highest BCUT2D eigenvalue weighted by Crippen LogP contribution is 2.39. The number of carbonyl (C=O) groups excluding carboxylic acids is 1. The molecule has 2 aromatic carbocycles. The van der Waals surface area contributed by atoms with Gasteiger partial charge in [0, 0.05) is 11.1 Å². The molecule has 160 valence electrons. The molecule has 0 atom stereocenters. The van der Waals surface area contributed by atoms with Crippen LogP contribution in [0.15, 0.2) is 30.3 Å². The lowest BCUT2D eigenvalue weighted by molar-refractivity contribution is 0.104. The van der Waals surface area contributed by atoms with E-state index in [4.69, 9.17) is 9.47 Å². The molecule has 0 aromatic heterocycles. The van der Waals surface area contributed by atoms with Gasteiger partial charge in [0.1, 0.15) is 5.75 Å². The van der Waals surface area contributed by atoms with Crippen LogP contribution in [0.25, 0.3) is 11.1 Å². The van der Waals surface area contributed by atoms with Crippen molar-refractivity contribution < 1.29 is 23.8 Å². The number of carbonyl (C=O) groups is 1. The first-order chi connectivity index (χ1) is 14.5. The Morgan fingerprint density at radius 3 is 2.53 bits per heavy atom. The van der Waals surface area contributed by atoms with Crippen LogP contribution in [0, 0.1) is 17.1 Å². The third kappa shape index (κ3) is 5.96. The Balaban J connectivity index is 2.31. The molecule has 0 aliphatic carbocycles. The summed E-state index contributed by atoms with van der Waals surface area (Å²) in [4.78, 5) is 11.7. The fraction of sp³-hybridized carbons (Fsp3) is 0.417. The molecule has 1 N–H and O–H groups in total. The van der Waals surface area contributed by atoms with Crippen molar-refractivity contribution in [1.82, 2.24) is 0 Å². The Kier molecular flexibility index (Phi) is 9.14. The highest BCUT2D eigenvalue weighted by Gasteiger charge is 2.22. The molecule has 6 heteroatoms. The van der Waals surface area contributed by atoms with Gasteiger partial charge in [-0.05, 0) is 37.5 Å². The van der Waals surface area contributed by atoms with Gasteiger partial charge >= 0.3 is 6.16 Å². The second-order valence-electron chi connectivity index (χ2n) is 7.03. The van der Waals surface area contributed by atoms with Crippen molar-refractivity contribution in [3.8, 4) is 28.7 Å². The summed E-state index contributed by atoms with van der Waals surface area (Å²) in [7, 11) is 0. The number of aryl methyl sites for hydroxylation is 1. The molecule has 2 aromatic rings. The summed E-state index contributed by atoms with van der Waals surface area (Å²) in [6, 6.07) is 9.78. The molecule has 0 aliphatic heterocycles. The number of phenols is 1. The molecular weight excluding hydrogens is 385 g/mol. The summed E-state index contributed by atoms with van der Waals surface area (Å²) in [6.45, 7) is 3.93. The van der Waals surface area contributed by atoms with E-state index in [2.05, 4.69) is 6.92 Å². The average molecular weight is 413 g/mol. The summed E-state index contributed by atoms with van der Waals surface area (Å²) in [6.07, 6.45) is 5.98. The molecule has 30 heavy (non-hydrogen) atoms. The number of para-hydroxylation sites is 1. The highest BCUT2D eigenvalue weighted by molar-refractivity contribution is 5.80. The standard InChI is InChI=1S/C24H28FNO4/c1-3-5-6-7-8-9-12-17-15-18(16-26)21(22(25)23(17)27)19-13-10-11-14-20(19)30-24(28)29-4-2/h10-11,13-15,27H,3-9,12H2,1-2H3. The quantitative estimate of drug-likeness (QED) is 0.273. The van der Waals surface area contributed by atoms with Gasteiger partial charge in [0.25, 0.3) is 0 Å². The number of hydrogen-bond donors (Lipinski definition) is 1. The molecular formula is C24H28FNO4. The fourth-order valence-corrected chi connectivity index (χ4v) is 3.33. The van der Waals surface area contributed by atoms with E-state index < -0.39 is 17.7 Å². The van der Waals surface area contributed by atoms with E-state index in [0.717, 1.165) is 25.7 Å². The number of phenolic OH excluding ortho intramolecular Hbond substituents is 1. The van der Waals surface area contributed by atoms with Gasteiger partial charge in [0.05, 0.1) is 18.2 Å². The number of unbranched alkanes of at least 4 members (excludes halogenated alkanes) is 5. The van der Waals surface area contributed by atoms with Crippen LogP contribution in [0.3, 0.4) is 0 Å². The van der Waals surface area contributed by atoms with E-state index in [-0.39, 0.29) is 29.0 Å². The van der Waals surface area contributed by atoms with Crippen LogP contribution in [-0.2, 0) is 11.2 Å². The smallest absolute Gasteiger partial charge is 0.505 e. The van der Waals surface area contributed by atoms with E-state index in [1.54, 1.807) is 19.1 Å². The predicted octanol–water partition coefficient (Wildman–Crippen LogP) is 6.51. The van der Waals surface area contributed by atoms with Crippen LogP contribution in [0.4, 0.5) is 9.18 Å². The van der Waals surface area contributed by atoms with Crippen molar-refractivity contribution in [2.45, 2.75) is 58.8 Å². The van der Waals surface area contributed by atoms with Crippen LogP contribution in [0.5, 0.6) is 11.5 Å². The van der Waals surface area contributed by atoms with Crippen LogP contribution in [-0.4, -0.2) is 17.9 Å². The van der Waals surface area contributed by atoms with E-state index in [9.17, 15) is 15.2 Å². The molecule has 0 bridgehead atoms. The number of ether oxygens (including phenoxy) is 2. The van der Waals surface area contributed by atoms with Crippen LogP contribution >= 0.6 is 0 Å². The van der Waals surface area contributed by atoms with Crippen molar-refractivity contribution in [3.05, 3.63) is 47.3 Å². The summed E-state index contributed by atoms with van der Waals surface area (Å²) >= 11 is 0. The maximum absolute atomic E-state index is 15.2. The largest absolute Gasteiger partial charge is 0.513 e. The van der Waals surface area contributed by atoms with Gasteiger partial charge in [-0.25, -0.2) is 9.18 Å². The summed E-state index contributed by atoms with van der Waals surface area (Å²) in [5.74, 6) is -1.31. The van der Waals surface area contributed by atoms with Gasteiger partial charge in [0.15, 0.2) is 11.6 Å². The lowest BCUT2D eigenvalue weighted by Gasteiger charge is -2.15. The number of rotatable bonds is 10. The maximum atomic E-state index is 15.2. The molecule has 2 rings (SSSR count). The molecule has 5 nitrogen and oxygen atoms in total. The SMILES string of the molecule is CCCCCCCCc1cc(C#N)c(-c2ccccc2OC(=O)OCC)c(F)c1O. The van der Waals surface area contributed by atoms with Gasteiger partial charge in [-0.15, -0.1) is 0 Å². The van der Waals surface area contributed by atoms with Gasteiger partial charge < -0.3 is 14.6 Å². The van der Waals surface area contributed by atoms with Crippen molar-refractivity contribution >= 4 is 6.16 Å². The number of halogens is 1. The predicted molar refractivity (Wildman–Crippen MR) is 113 cm³/mol. The molecule has 0 heterocycles. The zero-order valence-electron chi connectivity index (χ0n) is 17.5. The van der Waals surface area contributed by atoms with Crippen molar-refractivity contribution in [3.63, 3.8) is 0 Å². The topological polar surface area (TPSA) is 79.5 Å². The number of nitrogens with zero attached hydrogens (tertiary/aromatic N) is 1. The van der Waals surface area contributed by atoms with E-state index in [1.165, 1.54) is 31.0 Å². The van der Waals surface area contributed by atoms with E-state index in [1.807, 2.05) is 6.07 Å². The lowest BCUT2D eigenvalue weighted by Crippen LogP contribution is -2.11. The minimum absolute atomic E-state index is 0.0504. The number of aromatic hydroxyl groups is 1. The lowest BCUT2D eigenvalue weighted by atomic mass is 9.94. The monoisotopic (exact) mass is 413 g/mol. The van der Waals surface area contributed by atoms with Crippen LogP contribution < -0.4 is 4.74 Å². The van der Waals surface area contributed by atoms with Crippen molar-refractivity contribution in [1.29, 1.82) is 5.26 Å². The molecule has 0 unspecified atom stereocenters. The van der Waals surface area contributed by atoms with Crippen molar-refractivity contribution in [2.75, 3.05) is 6.61 Å². The third-order valence-corrected chi connectivity index (χ3v) is 4.85. The Hall–Kier alpha value is -3.07. The molecule has 0 saturated carbocycles. The van der Waals surface area contributed by atoms with Crippen molar-refractivity contribution in [2.24, 2.45) is 0 Å². The zero-order valence-corrected chi connectivity index (χ0v) is 17.5. The maximum Gasteiger partial charge on any atom is 0.513 e. The van der Waals surface area contributed by atoms with Crippen LogP contribution in [0.1, 0.15) is 63.5 Å². The molecule has 0 saturated heterocycles. The van der Waals surface area contributed by atoms with E-state index in [0.29, 0.717) is 12.0 Å². The normalized spacial score (nSPS) is 10.5. The second kappa shape index (κ2) is 11.8. The van der Waals surface area contributed by atoms with Gasteiger partial charge in [-0.1, -0.05) is 57.2 Å². The minimum Gasteiger partial charge on any atom is -0.505 e. The Morgan fingerprint density at radius 2 is 1.83 bits per heavy atom. The Labute approximate surface area is 177 Å². The summed E-state index contributed by atoms with van der Waals surface area (Å²) in [5, 5.41) is 20.1. The molecule has 0 radical (unpaired) electrons. The molecule has 0 fully saturated rings. The zero-order chi connectivity index (χ0) is 21.9. The number of nitriles is 1. The van der Waals surface area contributed by atoms with Gasteiger partial charge in [-0.2, -0.15) is 5.26 Å².